The molecule has 0 aliphatic heterocycles. The summed E-state index contributed by atoms with van der Waals surface area (Å²) in [5.74, 6) is 0.641. The molecule has 0 saturated carbocycles. The molecule has 0 aromatic carbocycles. The van der Waals surface area contributed by atoms with Gasteiger partial charge in [0, 0.05) is 13.0 Å². The van der Waals surface area contributed by atoms with E-state index in [0.29, 0.717) is 36.7 Å². The fourth-order valence-corrected chi connectivity index (χ4v) is 1.06. The average molecular weight is 209 g/mol. The number of rotatable bonds is 5. The summed E-state index contributed by atoms with van der Waals surface area (Å²) in [7, 11) is 0. The van der Waals surface area contributed by atoms with Gasteiger partial charge in [-0.15, -0.1) is 0 Å². The van der Waals surface area contributed by atoms with Crippen LogP contribution in [0.2, 0.25) is 0 Å². The van der Waals surface area contributed by atoms with Crippen LogP contribution < -0.4 is 22.5 Å². The SMILES string of the molecule is NC(=O)CCCNc1ccc(N)c(N)n1. The number of anilines is 3. The number of aromatic nitrogens is 1. The smallest absolute Gasteiger partial charge is 0.217 e. The highest BCUT2D eigenvalue weighted by Crippen LogP contribution is 2.14. The maximum absolute atomic E-state index is 10.5. The van der Waals surface area contributed by atoms with Crippen molar-refractivity contribution in [2.75, 3.05) is 23.3 Å². The van der Waals surface area contributed by atoms with E-state index >= 15 is 0 Å². The monoisotopic (exact) mass is 209 g/mol. The molecule has 0 fully saturated rings. The molecule has 6 nitrogen and oxygen atoms in total. The van der Waals surface area contributed by atoms with Crippen LogP contribution in [-0.4, -0.2) is 17.4 Å². The van der Waals surface area contributed by atoms with Gasteiger partial charge in [0.25, 0.3) is 0 Å². The second-order valence-electron chi connectivity index (χ2n) is 3.17. The van der Waals surface area contributed by atoms with Crippen LogP contribution in [-0.2, 0) is 4.79 Å². The topological polar surface area (TPSA) is 120 Å². The van der Waals surface area contributed by atoms with Gasteiger partial charge in [-0.05, 0) is 18.6 Å². The van der Waals surface area contributed by atoms with E-state index in [4.69, 9.17) is 17.2 Å². The molecule has 0 aliphatic rings. The first-order valence-corrected chi connectivity index (χ1v) is 4.64. The number of primary amides is 1. The molecule has 1 amide bonds. The Bertz CT molecular complexity index is 352. The number of hydrogen-bond acceptors (Lipinski definition) is 5. The number of nitrogens with two attached hydrogens (primary N) is 3. The van der Waals surface area contributed by atoms with Crippen molar-refractivity contribution in [1.82, 2.24) is 4.98 Å². The number of hydrogen-bond donors (Lipinski definition) is 4. The van der Waals surface area contributed by atoms with Gasteiger partial charge in [0.2, 0.25) is 5.91 Å². The Hall–Kier alpha value is -1.98. The van der Waals surface area contributed by atoms with Gasteiger partial charge in [0.05, 0.1) is 5.69 Å². The lowest BCUT2D eigenvalue weighted by atomic mass is 10.3. The van der Waals surface area contributed by atoms with Gasteiger partial charge in [-0.25, -0.2) is 4.98 Å². The van der Waals surface area contributed by atoms with Crippen molar-refractivity contribution in [3.05, 3.63) is 12.1 Å². The summed E-state index contributed by atoms with van der Waals surface area (Å²) in [6.45, 7) is 0.624. The van der Waals surface area contributed by atoms with Crippen LogP contribution in [0.3, 0.4) is 0 Å². The minimum absolute atomic E-state index is 0.301. The molecule has 1 rings (SSSR count). The minimum Gasteiger partial charge on any atom is -0.396 e. The van der Waals surface area contributed by atoms with Gasteiger partial charge in [-0.2, -0.15) is 0 Å². The Balaban J connectivity index is 2.38. The molecule has 82 valence electrons. The standard InChI is InChI=1S/C9H15N5O/c10-6-3-4-8(14-9(6)12)13-5-1-2-7(11)15/h3-4H,1-2,5,10H2,(H2,11,15)(H3,12,13,14). The summed E-state index contributed by atoms with van der Waals surface area (Å²) >= 11 is 0. The lowest BCUT2D eigenvalue weighted by Crippen LogP contribution is -2.13. The lowest BCUT2D eigenvalue weighted by Gasteiger charge is -2.06. The van der Waals surface area contributed by atoms with Gasteiger partial charge in [-0.3, -0.25) is 4.79 Å². The van der Waals surface area contributed by atoms with Crippen LogP contribution >= 0.6 is 0 Å². The number of nitrogen functional groups attached to an aromatic ring is 2. The van der Waals surface area contributed by atoms with E-state index in [0.717, 1.165) is 0 Å². The highest BCUT2D eigenvalue weighted by Gasteiger charge is 1.99. The fourth-order valence-electron chi connectivity index (χ4n) is 1.06. The van der Waals surface area contributed by atoms with Gasteiger partial charge in [0.1, 0.15) is 11.6 Å². The number of amides is 1. The first-order chi connectivity index (χ1) is 7.09. The van der Waals surface area contributed by atoms with Crippen LogP contribution in [0, 0.1) is 0 Å². The molecular weight excluding hydrogens is 194 g/mol. The van der Waals surface area contributed by atoms with Gasteiger partial charge in [0.15, 0.2) is 0 Å². The van der Waals surface area contributed by atoms with E-state index in [1.807, 2.05) is 0 Å². The molecule has 1 heterocycles. The highest BCUT2D eigenvalue weighted by molar-refractivity contribution is 5.73. The van der Waals surface area contributed by atoms with Crippen molar-refractivity contribution in [1.29, 1.82) is 0 Å². The third kappa shape index (κ3) is 3.72. The molecule has 0 saturated heterocycles. The first-order valence-electron chi connectivity index (χ1n) is 4.64. The predicted octanol–water partition coefficient (Wildman–Crippen LogP) is -0.0766. The molecule has 0 spiro atoms. The number of nitrogens with zero attached hydrogens (tertiary/aromatic N) is 1. The normalized spacial score (nSPS) is 9.87. The lowest BCUT2D eigenvalue weighted by molar-refractivity contribution is -0.118. The van der Waals surface area contributed by atoms with Crippen LogP contribution in [0.4, 0.5) is 17.3 Å². The van der Waals surface area contributed by atoms with Crippen LogP contribution in [0.25, 0.3) is 0 Å². The fraction of sp³-hybridized carbons (Fsp3) is 0.333. The number of carbonyl (C=O) groups excluding carboxylic acids is 1. The molecular formula is C9H15N5O. The Morgan fingerprint density at radius 2 is 2.13 bits per heavy atom. The quantitative estimate of drug-likeness (QED) is 0.506. The van der Waals surface area contributed by atoms with Crippen molar-refractivity contribution in [3.63, 3.8) is 0 Å². The summed E-state index contributed by atoms with van der Waals surface area (Å²) in [5.41, 5.74) is 16.5. The summed E-state index contributed by atoms with van der Waals surface area (Å²) < 4.78 is 0. The van der Waals surface area contributed by atoms with E-state index in [2.05, 4.69) is 10.3 Å². The maximum Gasteiger partial charge on any atom is 0.217 e. The van der Waals surface area contributed by atoms with E-state index in [1.165, 1.54) is 0 Å². The summed E-state index contributed by atoms with van der Waals surface area (Å²) in [6.07, 6.45) is 1.03. The maximum atomic E-state index is 10.5. The van der Waals surface area contributed by atoms with Crippen LogP contribution in [0.5, 0.6) is 0 Å². The highest BCUT2D eigenvalue weighted by atomic mass is 16.1. The van der Waals surface area contributed by atoms with E-state index in [1.54, 1.807) is 12.1 Å². The summed E-state index contributed by atoms with van der Waals surface area (Å²) in [4.78, 5) is 14.5. The Morgan fingerprint density at radius 3 is 2.73 bits per heavy atom. The summed E-state index contributed by atoms with van der Waals surface area (Å²) in [5, 5.41) is 3.01. The second-order valence-corrected chi connectivity index (χ2v) is 3.17. The molecule has 7 N–H and O–H groups in total. The molecule has 1 aromatic heterocycles. The van der Waals surface area contributed by atoms with E-state index in [-0.39, 0.29) is 5.91 Å². The average Bonchev–Trinajstić information content (AvgIpc) is 2.18. The minimum atomic E-state index is -0.304. The van der Waals surface area contributed by atoms with Crippen molar-refractivity contribution < 1.29 is 4.79 Å². The molecule has 6 heteroatoms. The zero-order chi connectivity index (χ0) is 11.3. The Morgan fingerprint density at radius 1 is 1.40 bits per heavy atom. The van der Waals surface area contributed by atoms with Crippen molar-refractivity contribution in [2.24, 2.45) is 5.73 Å². The molecule has 0 radical (unpaired) electrons. The molecule has 0 aliphatic carbocycles. The number of pyridine rings is 1. The predicted molar refractivity (Wildman–Crippen MR) is 60.0 cm³/mol. The zero-order valence-electron chi connectivity index (χ0n) is 8.36. The largest absolute Gasteiger partial charge is 0.396 e. The third-order valence-electron chi connectivity index (χ3n) is 1.86. The zero-order valence-corrected chi connectivity index (χ0v) is 8.36. The van der Waals surface area contributed by atoms with Crippen molar-refractivity contribution in [2.45, 2.75) is 12.8 Å². The molecule has 15 heavy (non-hydrogen) atoms. The Kier molecular flexibility index (Phi) is 3.73. The molecule has 0 unspecified atom stereocenters. The van der Waals surface area contributed by atoms with Gasteiger partial charge >= 0.3 is 0 Å². The van der Waals surface area contributed by atoms with Crippen LogP contribution in [0.1, 0.15) is 12.8 Å². The van der Waals surface area contributed by atoms with Crippen molar-refractivity contribution >= 4 is 23.2 Å². The second kappa shape index (κ2) is 5.04. The molecule has 0 atom stereocenters. The van der Waals surface area contributed by atoms with Crippen LogP contribution in [0.15, 0.2) is 12.1 Å². The Labute approximate surface area is 87.8 Å². The van der Waals surface area contributed by atoms with Gasteiger partial charge < -0.3 is 22.5 Å². The van der Waals surface area contributed by atoms with E-state index < -0.39 is 0 Å². The number of carbonyl (C=O) groups is 1. The molecule has 0 bridgehead atoms. The third-order valence-corrected chi connectivity index (χ3v) is 1.86. The molecule has 1 aromatic rings. The number of nitrogens with one attached hydrogen (secondary N) is 1. The first kappa shape index (κ1) is 11.1. The van der Waals surface area contributed by atoms with Gasteiger partial charge in [-0.1, -0.05) is 0 Å². The van der Waals surface area contributed by atoms with E-state index in [9.17, 15) is 4.79 Å². The van der Waals surface area contributed by atoms with Crippen molar-refractivity contribution in [3.8, 4) is 0 Å². The summed E-state index contributed by atoms with van der Waals surface area (Å²) in [6, 6.07) is 3.41.